The molecule has 0 atom stereocenters. The van der Waals surface area contributed by atoms with E-state index in [2.05, 4.69) is 30.5 Å². The lowest BCUT2D eigenvalue weighted by molar-refractivity contribution is 0.0785. The summed E-state index contributed by atoms with van der Waals surface area (Å²) in [4.78, 5) is 15.0. The first-order valence-electron chi connectivity index (χ1n) is 5.61. The Bertz CT molecular complexity index is 505. The Morgan fingerprint density at radius 1 is 1.28 bits per heavy atom. The highest BCUT2D eigenvalue weighted by atomic mass is 32.2. The molecule has 4 heteroatoms. The van der Waals surface area contributed by atoms with E-state index in [-0.39, 0.29) is 5.91 Å². The number of carbonyl (C=O) groups excluding carboxylic acids is 1. The normalized spacial score (nSPS) is 10.3. The maximum atomic E-state index is 12.1. The van der Waals surface area contributed by atoms with Crippen molar-refractivity contribution in [1.82, 2.24) is 4.90 Å². The average Bonchev–Trinajstić information content (AvgIpc) is 2.92. The molecule has 0 radical (unpaired) electrons. The van der Waals surface area contributed by atoms with Crippen LogP contribution in [-0.4, -0.2) is 24.1 Å². The lowest BCUT2D eigenvalue weighted by Gasteiger charge is -2.16. The van der Waals surface area contributed by atoms with Crippen molar-refractivity contribution in [3.8, 4) is 0 Å². The number of amides is 1. The summed E-state index contributed by atoms with van der Waals surface area (Å²) in [6.07, 6.45) is 2.06. The van der Waals surface area contributed by atoms with E-state index >= 15 is 0 Å². The van der Waals surface area contributed by atoms with Crippen LogP contribution >= 0.6 is 23.1 Å². The standard InChI is InChI=1S/C14H15NOS2/c1-15(14(16)12-7-8-18-10-12)9-11-3-5-13(17-2)6-4-11/h3-8,10H,9H2,1-2H3. The molecule has 0 spiro atoms. The predicted molar refractivity (Wildman–Crippen MR) is 78.3 cm³/mol. The van der Waals surface area contributed by atoms with E-state index in [1.165, 1.54) is 4.90 Å². The Morgan fingerprint density at radius 2 is 2.00 bits per heavy atom. The van der Waals surface area contributed by atoms with Gasteiger partial charge in [0.15, 0.2) is 0 Å². The van der Waals surface area contributed by atoms with Gasteiger partial charge in [-0.1, -0.05) is 12.1 Å². The third-order valence-corrected chi connectivity index (χ3v) is 4.12. The smallest absolute Gasteiger partial charge is 0.254 e. The van der Waals surface area contributed by atoms with Gasteiger partial charge in [-0.25, -0.2) is 0 Å². The molecule has 0 fully saturated rings. The summed E-state index contributed by atoms with van der Waals surface area (Å²) in [6, 6.07) is 10.2. The van der Waals surface area contributed by atoms with Crippen LogP contribution in [0.15, 0.2) is 46.0 Å². The first kappa shape index (κ1) is 13.2. The van der Waals surface area contributed by atoms with Crippen LogP contribution in [0.3, 0.4) is 0 Å². The quantitative estimate of drug-likeness (QED) is 0.793. The average molecular weight is 277 g/mol. The maximum absolute atomic E-state index is 12.1. The van der Waals surface area contributed by atoms with Crippen LogP contribution in [0.25, 0.3) is 0 Å². The molecule has 0 aliphatic heterocycles. The van der Waals surface area contributed by atoms with Crippen molar-refractivity contribution in [3.05, 3.63) is 52.2 Å². The third-order valence-electron chi connectivity index (χ3n) is 2.69. The number of benzene rings is 1. The highest BCUT2D eigenvalue weighted by molar-refractivity contribution is 7.98. The second-order valence-electron chi connectivity index (χ2n) is 4.02. The van der Waals surface area contributed by atoms with E-state index in [0.29, 0.717) is 6.54 Å². The minimum Gasteiger partial charge on any atom is -0.337 e. The van der Waals surface area contributed by atoms with E-state index in [1.54, 1.807) is 28.0 Å². The fourth-order valence-electron chi connectivity index (χ4n) is 1.68. The maximum Gasteiger partial charge on any atom is 0.254 e. The number of rotatable bonds is 4. The molecule has 1 heterocycles. The van der Waals surface area contributed by atoms with Gasteiger partial charge in [0.1, 0.15) is 0 Å². The van der Waals surface area contributed by atoms with Crippen molar-refractivity contribution in [1.29, 1.82) is 0 Å². The summed E-state index contributed by atoms with van der Waals surface area (Å²) in [5, 5.41) is 3.81. The molecule has 94 valence electrons. The second kappa shape index (κ2) is 6.07. The van der Waals surface area contributed by atoms with Crippen LogP contribution in [0.2, 0.25) is 0 Å². The molecule has 1 aromatic carbocycles. The summed E-state index contributed by atoms with van der Waals surface area (Å²) in [6.45, 7) is 0.642. The van der Waals surface area contributed by atoms with Gasteiger partial charge in [0, 0.05) is 23.9 Å². The number of nitrogens with zero attached hydrogens (tertiary/aromatic N) is 1. The van der Waals surface area contributed by atoms with Crippen molar-refractivity contribution < 1.29 is 4.79 Å². The molecule has 0 aliphatic rings. The van der Waals surface area contributed by atoms with Crippen molar-refractivity contribution >= 4 is 29.0 Å². The summed E-state index contributed by atoms with van der Waals surface area (Å²) in [5.74, 6) is 0.0743. The van der Waals surface area contributed by atoms with Crippen LogP contribution < -0.4 is 0 Å². The fraction of sp³-hybridized carbons (Fsp3) is 0.214. The molecule has 0 saturated heterocycles. The lowest BCUT2D eigenvalue weighted by atomic mass is 10.2. The minimum atomic E-state index is 0.0743. The zero-order valence-electron chi connectivity index (χ0n) is 10.4. The Morgan fingerprint density at radius 3 is 2.56 bits per heavy atom. The van der Waals surface area contributed by atoms with Crippen molar-refractivity contribution in [2.24, 2.45) is 0 Å². The zero-order chi connectivity index (χ0) is 13.0. The van der Waals surface area contributed by atoms with Gasteiger partial charge in [0.2, 0.25) is 0 Å². The summed E-state index contributed by atoms with van der Waals surface area (Å²) < 4.78 is 0. The van der Waals surface area contributed by atoms with E-state index in [9.17, 15) is 4.79 Å². The lowest BCUT2D eigenvalue weighted by Crippen LogP contribution is -2.25. The SMILES string of the molecule is CSc1ccc(CN(C)C(=O)c2ccsc2)cc1. The summed E-state index contributed by atoms with van der Waals surface area (Å²) in [5.41, 5.74) is 1.92. The van der Waals surface area contributed by atoms with Gasteiger partial charge in [0.05, 0.1) is 5.56 Å². The van der Waals surface area contributed by atoms with Crippen molar-refractivity contribution in [3.63, 3.8) is 0 Å². The molecular weight excluding hydrogens is 262 g/mol. The number of hydrogen-bond acceptors (Lipinski definition) is 3. The molecule has 2 aromatic rings. The van der Waals surface area contributed by atoms with Gasteiger partial charge >= 0.3 is 0 Å². The van der Waals surface area contributed by atoms with Crippen LogP contribution in [-0.2, 0) is 6.54 Å². The number of hydrogen-bond donors (Lipinski definition) is 0. The van der Waals surface area contributed by atoms with E-state index in [1.807, 2.05) is 23.9 Å². The van der Waals surface area contributed by atoms with Gasteiger partial charge in [-0.15, -0.1) is 11.8 Å². The third kappa shape index (κ3) is 3.15. The molecular formula is C14H15NOS2. The molecule has 0 N–H and O–H groups in total. The van der Waals surface area contributed by atoms with E-state index < -0.39 is 0 Å². The van der Waals surface area contributed by atoms with Gasteiger partial charge in [-0.3, -0.25) is 4.79 Å². The Labute approximate surface area is 116 Å². The number of thiophene rings is 1. The Kier molecular flexibility index (Phi) is 4.44. The highest BCUT2D eigenvalue weighted by Gasteiger charge is 2.11. The monoisotopic (exact) mass is 277 g/mol. The largest absolute Gasteiger partial charge is 0.337 e. The number of thioether (sulfide) groups is 1. The first-order chi connectivity index (χ1) is 8.70. The number of carbonyl (C=O) groups is 1. The van der Waals surface area contributed by atoms with Crippen LogP contribution in [0.4, 0.5) is 0 Å². The topological polar surface area (TPSA) is 20.3 Å². The Balaban J connectivity index is 2.02. The van der Waals surface area contributed by atoms with E-state index in [4.69, 9.17) is 0 Å². The second-order valence-corrected chi connectivity index (χ2v) is 5.68. The van der Waals surface area contributed by atoms with Gasteiger partial charge in [0.25, 0.3) is 5.91 Å². The molecule has 18 heavy (non-hydrogen) atoms. The summed E-state index contributed by atoms with van der Waals surface area (Å²) in [7, 11) is 1.84. The Hall–Kier alpha value is -1.26. The summed E-state index contributed by atoms with van der Waals surface area (Å²) >= 11 is 3.27. The van der Waals surface area contributed by atoms with Gasteiger partial charge < -0.3 is 4.90 Å². The molecule has 1 aromatic heterocycles. The predicted octanol–water partition coefficient (Wildman–Crippen LogP) is 3.74. The molecule has 0 saturated carbocycles. The van der Waals surface area contributed by atoms with Crippen LogP contribution in [0.5, 0.6) is 0 Å². The van der Waals surface area contributed by atoms with Crippen LogP contribution in [0.1, 0.15) is 15.9 Å². The highest BCUT2D eigenvalue weighted by Crippen LogP contribution is 2.16. The first-order valence-corrected chi connectivity index (χ1v) is 7.78. The van der Waals surface area contributed by atoms with Gasteiger partial charge in [-0.05, 0) is 35.4 Å². The van der Waals surface area contributed by atoms with Crippen LogP contribution in [0, 0.1) is 0 Å². The molecule has 0 aliphatic carbocycles. The minimum absolute atomic E-state index is 0.0743. The van der Waals surface area contributed by atoms with Gasteiger partial charge in [-0.2, -0.15) is 11.3 Å². The van der Waals surface area contributed by atoms with Crippen molar-refractivity contribution in [2.45, 2.75) is 11.4 Å². The molecule has 2 rings (SSSR count). The van der Waals surface area contributed by atoms with E-state index in [0.717, 1.165) is 11.1 Å². The molecule has 0 bridgehead atoms. The van der Waals surface area contributed by atoms with Crippen molar-refractivity contribution in [2.75, 3.05) is 13.3 Å². The fourth-order valence-corrected chi connectivity index (χ4v) is 2.72. The molecule has 2 nitrogen and oxygen atoms in total. The molecule has 0 unspecified atom stereocenters. The zero-order valence-corrected chi connectivity index (χ0v) is 12.1. The molecule has 1 amide bonds.